The minimum atomic E-state index is 1.03. The summed E-state index contributed by atoms with van der Waals surface area (Å²) in [4.78, 5) is 6.60. The number of imidazole rings is 1. The molecule has 24 heavy (non-hydrogen) atoms. The predicted molar refractivity (Wildman–Crippen MR) is 99.1 cm³/mol. The Kier molecular flexibility index (Phi) is 4.39. The Balaban J connectivity index is 1.81. The topological polar surface area (TPSA) is 38.3 Å². The SMILES string of the molecule is Cc1ccc2nc(-c3ccc(Br)cc3)c(C[NH+]3CC[NH2+]CC3)n2c1. The van der Waals surface area contributed by atoms with Crippen molar-refractivity contribution in [1.82, 2.24) is 9.38 Å². The average Bonchev–Trinajstić information content (AvgIpc) is 2.94. The van der Waals surface area contributed by atoms with Gasteiger partial charge in [-0.15, -0.1) is 0 Å². The smallest absolute Gasteiger partial charge is 0.137 e. The molecule has 4 rings (SSSR count). The van der Waals surface area contributed by atoms with E-state index in [9.17, 15) is 0 Å². The van der Waals surface area contributed by atoms with E-state index >= 15 is 0 Å². The van der Waals surface area contributed by atoms with Crippen LogP contribution in [0.1, 0.15) is 11.3 Å². The van der Waals surface area contributed by atoms with Gasteiger partial charge in [0.1, 0.15) is 44.1 Å². The summed E-state index contributed by atoms with van der Waals surface area (Å²) in [6, 6.07) is 12.8. The molecule has 4 nitrogen and oxygen atoms in total. The van der Waals surface area contributed by atoms with Crippen molar-refractivity contribution < 1.29 is 10.2 Å². The first kappa shape index (κ1) is 15.8. The van der Waals surface area contributed by atoms with Crippen molar-refractivity contribution in [3.05, 3.63) is 58.3 Å². The number of benzene rings is 1. The number of hydrogen-bond acceptors (Lipinski definition) is 1. The zero-order valence-corrected chi connectivity index (χ0v) is 15.5. The molecule has 3 heterocycles. The van der Waals surface area contributed by atoms with Gasteiger partial charge in [0.2, 0.25) is 0 Å². The molecule has 3 N–H and O–H groups in total. The van der Waals surface area contributed by atoms with E-state index in [1.165, 1.54) is 43.0 Å². The minimum absolute atomic E-state index is 1.03. The van der Waals surface area contributed by atoms with Gasteiger partial charge < -0.3 is 10.2 Å². The molecule has 1 aromatic carbocycles. The number of pyridine rings is 1. The zero-order valence-electron chi connectivity index (χ0n) is 13.9. The molecule has 0 aliphatic carbocycles. The van der Waals surface area contributed by atoms with Crippen LogP contribution in [0.2, 0.25) is 0 Å². The fourth-order valence-corrected chi connectivity index (χ4v) is 3.77. The molecule has 0 saturated carbocycles. The number of nitrogens with two attached hydrogens (primary N) is 1. The summed E-state index contributed by atoms with van der Waals surface area (Å²) in [5, 5.41) is 2.41. The van der Waals surface area contributed by atoms with E-state index in [0.29, 0.717) is 0 Å². The van der Waals surface area contributed by atoms with Crippen LogP contribution in [-0.2, 0) is 6.54 Å². The van der Waals surface area contributed by atoms with Gasteiger partial charge in [-0.1, -0.05) is 34.1 Å². The van der Waals surface area contributed by atoms with Crippen LogP contribution in [-0.4, -0.2) is 35.6 Å². The second kappa shape index (κ2) is 6.67. The number of hydrogen-bond donors (Lipinski definition) is 2. The Morgan fingerprint density at radius 3 is 2.62 bits per heavy atom. The van der Waals surface area contributed by atoms with E-state index in [4.69, 9.17) is 4.98 Å². The number of halogens is 1. The van der Waals surface area contributed by atoms with Gasteiger partial charge in [-0.3, -0.25) is 4.40 Å². The van der Waals surface area contributed by atoms with Crippen LogP contribution in [0.4, 0.5) is 0 Å². The summed E-state index contributed by atoms with van der Waals surface area (Å²) in [6.07, 6.45) is 2.22. The number of aromatic nitrogens is 2. The number of nitrogens with zero attached hydrogens (tertiary/aromatic N) is 2. The van der Waals surface area contributed by atoms with Crippen LogP contribution >= 0.6 is 15.9 Å². The van der Waals surface area contributed by atoms with Crippen molar-refractivity contribution in [3.63, 3.8) is 0 Å². The lowest BCUT2D eigenvalue weighted by molar-refractivity contribution is -0.958. The van der Waals surface area contributed by atoms with Crippen LogP contribution in [0.5, 0.6) is 0 Å². The molecule has 2 aromatic heterocycles. The van der Waals surface area contributed by atoms with Gasteiger partial charge in [0, 0.05) is 16.2 Å². The molecule has 0 atom stereocenters. The number of nitrogens with one attached hydrogen (secondary N) is 1. The molecule has 5 heteroatoms. The van der Waals surface area contributed by atoms with Gasteiger partial charge in [0.25, 0.3) is 0 Å². The van der Waals surface area contributed by atoms with Crippen molar-refractivity contribution in [2.75, 3.05) is 26.2 Å². The monoisotopic (exact) mass is 386 g/mol. The summed E-state index contributed by atoms with van der Waals surface area (Å²) < 4.78 is 3.39. The fraction of sp³-hybridized carbons (Fsp3) is 0.316. The van der Waals surface area contributed by atoms with Crippen LogP contribution in [0.15, 0.2) is 47.1 Å². The molecule has 3 aromatic rings. The highest BCUT2D eigenvalue weighted by atomic mass is 79.9. The van der Waals surface area contributed by atoms with Crippen molar-refractivity contribution in [1.29, 1.82) is 0 Å². The first-order chi connectivity index (χ1) is 11.7. The van der Waals surface area contributed by atoms with Crippen molar-refractivity contribution >= 4 is 21.6 Å². The molecule has 0 spiro atoms. The first-order valence-electron chi connectivity index (χ1n) is 8.59. The Bertz CT molecular complexity index is 848. The van der Waals surface area contributed by atoms with Gasteiger partial charge in [-0.25, -0.2) is 4.98 Å². The van der Waals surface area contributed by atoms with E-state index in [0.717, 1.165) is 22.4 Å². The molecule has 124 valence electrons. The Morgan fingerprint density at radius 1 is 1.12 bits per heavy atom. The predicted octanol–water partition coefficient (Wildman–Crippen LogP) is 1.03. The molecule has 0 bridgehead atoms. The van der Waals surface area contributed by atoms with E-state index < -0.39 is 0 Å². The highest BCUT2D eigenvalue weighted by molar-refractivity contribution is 9.10. The number of quaternary nitrogens is 2. The molecule has 1 fully saturated rings. The maximum absolute atomic E-state index is 4.95. The Hall–Kier alpha value is -1.69. The molecule has 1 aliphatic heterocycles. The normalized spacial score (nSPS) is 15.9. The highest BCUT2D eigenvalue weighted by Gasteiger charge is 2.22. The maximum atomic E-state index is 4.95. The summed E-state index contributed by atoms with van der Waals surface area (Å²) in [5.74, 6) is 0. The molecule has 1 aliphatic rings. The summed E-state index contributed by atoms with van der Waals surface area (Å²) in [5.41, 5.74) is 5.95. The molecule has 0 unspecified atom stereocenters. The van der Waals surface area contributed by atoms with Crippen molar-refractivity contribution in [3.8, 4) is 11.3 Å². The minimum Gasteiger partial charge on any atom is -0.337 e. The third-order valence-corrected chi connectivity index (χ3v) is 5.33. The van der Waals surface area contributed by atoms with E-state index in [-0.39, 0.29) is 0 Å². The number of piperazine rings is 1. The van der Waals surface area contributed by atoms with E-state index in [2.05, 4.69) is 75.2 Å². The summed E-state index contributed by atoms with van der Waals surface area (Å²) in [6.45, 7) is 8.06. The van der Waals surface area contributed by atoms with Crippen LogP contribution in [0.3, 0.4) is 0 Å². The summed E-state index contributed by atoms with van der Waals surface area (Å²) in [7, 11) is 0. The maximum Gasteiger partial charge on any atom is 0.137 e. The molecule has 1 saturated heterocycles. The lowest BCUT2D eigenvalue weighted by atomic mass is 10.1. The molecule has 0 radical (unpaired) electrons. The van der Waals surface area contributed by atoms with Gasteiger partial charge in [-0.05, 0) is 30.7 Å². The number of aryl methyl sites for hydroxylation is 1. The first-order valence-corrected chi connectivity index (χ1v) is 9.39. The molecular formula is C19H23BrN4+2. The Morgan fingerprint density at radius 2 is 1.88 bits per heavy atom. The highest BCUT2D eigenvalue weighted by Crippen LogP contribution is 2.26. The van der Waals surface area contributed by atoms with Gasteiger partial charge in [0.15, 0.2) is 0 Å². The lowest BCUT2D eigenvalue weighted by Crippen LogP contribution is -3.19. The third kappa shape index (κ3) is 3.11. The van der Waals surface area contributed by atoms with Gasteiger partial charge >= 0.3 is 0 Å². The average molecular weight is 387 g/mol. The molecular weight excluding hydrogens is 364 g/mol. The fourth-order valence-electron chi connectivity index (χ4n) is 3.50. The van der Waals surface area contributed by atoms with Gasteiger partial charge in [0.05, 0.1) is 5.69 Å². The van der Waals surface area contributed by atoms with Gasteiger partial charge in [-0.2, -0.15) is 0 Å². The Labute approximate surface area is 150 Å². The van der Waals surface area contributed by atoms with Crippen molar-refractivity contribution in [2.24, 2.45) is 0 Å². The number of rotatable bonds is 3. The molecule has 0 amide bonds. The number of fused-ring (bicyclic) bond motifs is 1. The summed E-state index contributed by atoms with van der Waals surface area (Å²) >= 11 is 3.53. The standard InChI is InChI=1S/C19H21BrN4/c1-14-2-7-18-22-19(15-3-5-16(20)6-4-15)17(24(18)12-14)13-23-10-8-21-9-11-23/h2-7,12,21H,8-11,13H2,1H3/p+2. The van der Waals surface area contributed by atoms with Crippen molar-refractivity contribution in [2.45, 2.75) is 13.5 Å². The zero-order chi connectivity index (χ0) is 16.5. The van der Waals surface area contributed by atoms with E-state index in [1.807, 2.05) is 0 Å². The van der Waals surface area contributed by atoms with Crippen LogP contribution in [0, 0.1) is 6.92 Å². The van der Waals surface area contributed by atoms with Crippen LogP contribution < -0.4 is 10.2 Å². The largest absolute Gasteiger partial charge is 0.337 e. The second-order valence-electron chi connectivity index (χ2n) is 6.64. The van der Waals surface area contributed by atoms with E-state index in [1.54, 1.807) is 4.90 Å². The lowest BCUT2D eigenvalue weighted by Gasteiger charge is -2.22. The second-order valence-corrected chi connectivity index (χ2v) is 7.56. The third-order valence-electron chi connectivity index (χ3n) is 4.80. The quantitative estimate of drug-likeness (QED) is 0.693. The van der Waals surface area contributed by atoms with Crippen LogP contribution in [0.25, 0.3) is 16.9 Å².